The van der Waals surface area contributed by atoms with E-state index in [1.165, 1.54) is 6.07 Å². The maximum Gasteiger partial charge on any atom is 0.416 e. The van der Waals surface area contributed by atoms with Crippen LogP contribution < -0.4 is 0 Å². The van der Waals surface area contributed by atoms with Gasteiger partial charge in [0.2, 0.25) is 0 Å². The lowest BCUT2D eigenvalue weighted by Gasteiger charge is -2.12. The Bertz CT molecular complexity index is 619. The topological polar surface area (TPSA) is 38.0 Å². The number of alkyl halides is 3. The Balaban J connectivity index is 2.55. The van der Waals surface area contributed by atoms with Crippen LogP contribution in [0.1, 0.15) is 44.0 Å². The van der Waals surface area contributed by atoms with Gasteiger partial charge in [0, 0.05) is 19.1 Å². The number of aliphatic hydroxyl groups excluding tert-OH is 1. The van der Waals surface area contributed by atoms with Gasteiger partial charge in [-0.05, 0) is 31.0 Å². The summed E-state index contributed by atoms with van der Waals surface area (Å²) in [5.41, 5.74) is 0.363. The fourth-order valence-corrected chi connectivity index (χ4v) is 2.35. The van der Waals surface area contributed by atoms with Crippen molar-refractivity contribution in [3.05, 3.63) is 29.6 Å². The molecule has 0 bridgehead atoms. The molecule has 0 fully saturated rings. The molecular weight excluding hydrogens is 281 g/mol. The molecule has 0 amide bonds. The molecule has 1 N–H and O–H groups in total. The van der Waals surface area contributed by atoms with E-state index in [4.69, 9.17) is 5.11 Å². The van der Waals surface area contributed by atoms with Gasteiger partial charge >= 0.3 is 6.18 Å². The smallest absolute Gasteiger partial charge is 0.396 e. The van der Waals surface area contributed by atoms with Crippen LogP contribution in [0, 0.1) is 0 Å². The molecule has 1 unspecified atom stereocenters. The molecule has 21 heavy (non-hydrogen) atoms. The molecule has 0 aliphatic rings. The van der Waals surface area contributed by atoms with Crippen molar-refractivity contribution >= 4 is 11.0 Å². The summed E-state index contributed by atoms with van der Waals surface area (Å²) >= 11 is 0. The van der Waals surface area contributed by atoms with Crippen LogP contribution in [0.2, 0.25) is 0 Å². The summed E-state index contributed by atoms with van der Waals surface area (Å²) in [6.07, 6.45) is -2.95. The van der Waals surface area contributed by atoms with Crippen molar-refractivity contribution in [3.63, 3.8) is 0 Å². The zero-order valence-electron chi connectivity index (χ0n) is 12.1. The molecule has 1 atom stereocenters. The quantitative estimate of drug-likeness (QED) is 0.908. The normalized spacial score (nSPS) is 13.8. The molecule has 0 aliphatic carbocycles. The Morgan fingerprint density at radius 2 is 2.05 bits per heavy atom. The van der Waals surface area contributed by atoms with Gasteiger partial charge in [0.1, 0.15) is 5.82 Å². The number of nitrogens with zero attached hydrogens (tertiary/aromatic N) is 2. The maximum atomic E-state index is 12.8. The van der Waals surface area contributed by atoms with Crippen molar-refractivity contribution in [2.75, 3.05) is 6.61 Å². The first-order chi connectivity index (χ1) is 9.88. The van der Waals surface area contributed by atoms with Crippen molar-refractivity contribution in [1.82, 2.24) is 9.55 Å². The molecule has 1 aromatic heterocycles. The predicted octanol–water partition coefficient (Wildman–Crippen LogP) is 3.95. The zero-order valence-corrected chi connectivity index (χ0v) is 12.1. The van der Waals surface area contributed by atoms with E-state index in [-0.39, 0.29) is 12.5 Å². The Kier molecular flexibility index (Phi) is 4.56. The number of halogens is 3. The molecule has 2 rings (SSSR count). The van der Waals surface area contributed by atoms with Gasteiger partial charge in [0.05, 0.1) is 16.6 Å². The Hall–Kier alpha value is -1.56. The van der Waals surface area contributed by atoms with Gasteiger partial charge < -0.3 is 9.67 Å². The molecule has 6 heteroatoms. The first kappa shape index (κ1) is 15.8. The van der Waals surface area contributed by atoms with Crippen LogP contribution in [-0.4, -0.2) is 21.3 Å². The summed E-state index contributed by atoms with van der Waals surface area (Å²) < 4.78 is 40.3. The molecule has 0 saturated heterocycles. The summed E-state index contributed by atoms with van der Waals surface area (Å²) in [5.74, 6) is 0.936. The number of aliphatic hydroxyl groups is 1. The summed E-state index contributed by atoms with van der Waals surface area (Å²) in [6.45, 7) is 4.61. The van der Waals surface area contributed by atoms with Gasteiger partial charge in [0.15, 0.2) is 0 Å². The van der Waals surface area contributed by atoms with Gasteiger partial charge in [-0.1, -0.05) is 13.8 Å². The van der Waals surface area contributed by atoms with Crippen LogP contribution >= 0.6 is 0 Å². The highest BCUT2D eigenvalue weighted by Crippen LogP contribution is 2.32. The third-order valence-electron chi connectivity index (χ3n) is 3.70. The first-order valence-corrected chi connectivity index (χ1v) is 7.06. The summed E-state index contributed by atoms with van der Waals surface area (Å²) in [4.78, 5) is 4.39. The number of rotatable bonds is 5. The number of hydrogen-bond acceptors (Lipinski definition) is 2. The molecule has 1 heterocycles. The monoisotopic (exact) mass is 300 g/mol. The van der Waals surface area contributed by atoms with Crippen molar-refractivity contribution in [3.8, 4) is 0 Å². The van der Waals surface area contributed by atoms with Gasteiger partial charge in [-0.25, -0.2) is 4.98 Å². The predicted molar refractivity (Wildman–Crippen MR) is 75.1 cm³/mol. The zero-order chi connectivity index (χ0) is 15.6. The highest BCUT2D eigenvalue weighted by Gasteiger charge is 2.31. The van der Waals surface area contributed by atoms with Gasteiger partial charge in [-0.15, -0.1) is 0 Å². The van der Waals surface area contributed by atoms with E-state index >= 15 is 0 Å². The van der Waals surface area contributed by atoms with Gasteiger partial charge in [-0.3, -0.25) is 0 Å². The number of fused-ring (bicyclic) bond motifs is 1. The number of aryl methyl sites for hydroxylation is 1. The first-order valence-electron chi connectivity index (χ1n) is 7.06. The van der Waals surface area contributed by atoms with Crippen LogP contribution in [0.15, 0.2) is 18.2 Å². The molecule has 116 valence electrons. The average Bonchev–Trinajstić information content (AvgIpc) is 2.81. The number of imidazole rings is 1. The minimum atomic E-state index is -4.36. The molecule has 0 saturated carbocycles. The number of hydrogen-bond donors (Lipinski definition) is 1. The van der Waals surface area contributed by atoms with E-state index in [1.807, 2.05) is 18.4 Å². The van der Waals surface area contributed by atoms with E-state index < -0.39 is 11.7 Å². The fraction of sp³-hybridized carbons (Fsp3) is 0.533. The minimum absolute atomic E-state index is 0.0419. The van der Waals surface area contributed by atoms with Crippen molar-refractivity contribution in [2.24, 2.45) is 0 Å². The number of benzene rings is 1. The molecule has 0 aliphatic heterocycles. The summed E-state index contributed by atoms with van der Waals surface area (Å²) in [7, 11) is 0. The Morgan fingerprint density at radius 1 is 1.33 bits per heavy atom. The number of aromatic nitrogens is 2. The van der Waals surface area contributed by atoms with Crippen LogP contribution in [0.4, 0.5) is 13.2 Å². The van der Waals surface area contributed by atoms with Crippen LogP contribution in [0.5, 0.6) is 0 Å². The standard InChI is InChI=1S/C15H19F3N2O/c1-3-10(2)14-19-12-9-11(15(16,17)18)5-6-13(12)20(14)7-4-8-21/h5-6,9-10,21H,3-4,7-8H2,1-2H3. The second-order valence-corrected chi connectivity index (χ2v) is 5.21. The molecule has 0 radical (unpaired) electrons. The van der Waals surface area contributed by atoms with Gasteiger partial charge in [0.25, 0.3) is 0 Å². The molecule has 2 aromatic rings. The van der Waals surface area contributed by atoms with Gasteiger partial charge in [-0.2, -0.15) is 13.2 Å². The second kappa shape index (κ2) is 6.05. The van der Waals surface area contributed by atoms with E-state index in [2.05, 4.69) is 4.98 Å². The lowest BCUT2D eigenvalue weighted by Crippen LogP contribution is -2.08. The van der Waals surface area contributed by atoms with E-state index in [0.29, 0.717) is 24.0 Å². The highest BCUT2D eigenvalue weighted by molar-refractivity contribution is 5.77. The molecule has 1 aromatic carbocycles. The maximum absolute atomic E-state index is 12.8. The third-order valence-corrected chi connectivity index (χ3v) is 3.70. The molecule has 0 spiro atoms. The second-order valence-electron chi connectivity index (χ2n) is 5.21. The van der Waals surface area contributed by atoms with Crippen LogP contribution in [0.25, 0.3) is 11.0 Å². The summed E-state index contributed by atoms with van der Waals surface area (Å²) in [6, 6.07) is 3.64. The van der Waals surface area contributed by atoms with Crippen LogP contribution in [0.3, 0.4) is 0 Å². The highest BCUT2D eigenvalue weighted by atomic mass is 19.4. The lowest BCUT2D eigenvalue weighted by atomic mass is 10.1. The van der Waals surface area contributed by atoms with Crippen molar-refractivity contribution in [2.45, 2.75) is 45.3 Å². The lowest BCUT2D eigenvalue weighted by molar-refractivity contribution is -0.137. The minimum Gasteiger partial charge on any atom is -0.396 e. The Labute approximate surface area is 121 Å². The van der Waals surface area contributed by atoms with E-state index in [1.54, 1.807) is 0 Å². The van der Waals surface area contributed by atoms with Crippen molar-refractivity contribution < 1.29 is 18.3 Å². The summed E-state index contributed by atoms with van der Waals surface area (Å²) in [5, 5.41) is 8.99. The van der Waals surface area contributed by atoms with E-state index in [0.717, 1.165) is 24.4 Å². The fourth-order valence-electron chi connectivity index (χ4n) is 2.35. The van der Waals surface area contributed by atoms with Crippen molar-refractivity contribution in [1.29, 1.82) is 0 Å². The Morgan fingerprint density at radius 3 is 2.62 bits per heavy atom. The third kappa shape index (κ3) is 3.20. The SMILES string of the molecule is CCC(C)c1nc2cc(C(F)(F)F)ccc2n1CCCO. The average molecular weight is 300 g/mol. The van der Waals surface area contributed by atoms with Crippen LogP contribution in [-0.2, 0) is 12.7 Å². The molecular formula is C15H19F3N2O. The largest absolute Gasteiger partial charge is 0.416 e. The molecule has 3 nitrogen and oxygen atoms in total. The van der Waals surface area contributed by atoms with E-state index in [9.17, 15) is 13.2 Å².